The summed E-state index contributed by atoms with van der Waals surface area (Å²) in [6.45, 7) is 0. The lowest BCUT2D eigenvalue weighted by Crippen LogP contribution is -1.92. The number of carbonyl (C=O) groups is 1. The molecule has 0 amide bonds. The van der Waals surface area contributed by atoms with E-state index in [2.05, 4.69) is 53.5 Å². The van der Waals surface area contributed by atoms with E-state index in [-0.39, 0.29) is 5.78 Å². The van der Waals surface area contributed by atoms with E-state index in [0.717, 1.165) is 11.1 Å². The van der Waals surface area contributed by atoms with Crippen LogP contribution >= 0.6 is 0 Å². The Bertz CT molecular complexity index is 1200. The molecule has 0 saturated carbocycles. The smallest absolute Gasteiger partial charge is 0.185 e. The Labute approximate surface area is 170 Å². The molecule has 140 valence electrons. The van der Waals surface area contributed by atoms with Crippen LogP contribution in [0.3, 0.4) is 0 Å². The van der Waals surface area contributed by atoms with Gasteiger partial charge < -0.3 is 4.98 Å². The van der Waals surface area contributed by atoms with Crippen molar-refractivity contribution >= 4 is 33.7 Å². The molecule has 0 atom stereocenters. The number of hydrogen-bond acceptors (Lipinski definition) is 1. The van der Waals surface area contributed by atoms with E-state index >= 15 is 0 Å². The average Bonchev–Trinajstić information content (AvgIpc) is 3.18. The van der Waals surface area contributed by atoms with Crippen molar-refractivity contribution in [3.05, 3.63) is 126 Å². The molecule has 1 aromatic heterocycles. The number of ketones is 1. The number of hydrogen-bond donors (Lipinski definition) is 1. The van der Waals surface area contributed by atoms with Gasteiger partial charge in [-0.2, -0.15) is 0 Å². The Morgan fingerprint density at radius 1 is 0.586 bits per heavy atom. The summed E-state index contributed by atoms with van der Waals surface area (Å²) < 4.78 is 0. The van der Waals surface area contributed by atoms with Gasteiger partial charge in [-0.05, 0) is 23.8 Å². The normalized spacial score (nSPS) is 10.8. The van der Waals surface area contributed by atoms with Gasteiger partial charge in [-0.3, -0.25) is 4.79 Å². The fraction of sp³-hybridized carbons (Fsp3) is 0. The van der Waals surface area contributed by atoms with Gasteiger partial charge in [0.05, 0.1) is 0 Å². The lowest BCUT2D eigenvalue weighted by Gasteiger charge is -1.94. The molecule has 4 aromatic carbocycles. The first kappa shape index (κ1) is 18.5. The van der Waals surface area contributed by atoms with E-state index in [4.69, 9.17) is 0 Å². The lowest BCUT2D eigenvalue weighted by molar-refractivity contribution is 0.104. The Morgan fingerprint density at radius 2 is 1.07 bits per heavy atom. The van der Waals surface area contributed by atoms with E-state index in [1.165, 1.54) is 21.8 Å². The molecular formula is C27H21NO. The summed E-state index contributed by atoms with van der Waals surface area (Å²) >= 11 is 0. The first-order chi connectivity index (χ1) is 14.3. The van der Waals surface area contributed by atoms with Gasteiger partial charge in [-0.15, -0.1) is 0 Å². The molecule has 0 saturated heterocycles. The molecule has 0 spiro atoms. The van der Waals surface area contributed by atoms with Gasteiger partial charge in [0.25, 0.3) is 0 Å². The molecule has 5 aromatic rings. The topological polar surface area (TPSA) is 32.9 Å². The van der Waals surface area contributed by atoms with Crippen LogP contribution in [0.5, 0.6) is 0 Å². The van der Waals surface area contributed by atoms with Crippen molar-refractivity contribution in [1.82, 2.24) is 4.98 Å². The van der Waals surface area contributed by atoms with Crippen LogP contribution in [-0.2, 0) is 0 Å². The number of aromatic amines is 1. The quantitative estimate of drug-likeness (QED) is 0.270. The average molecular weight is 375 g/mol. The second-order valence-electron chi connectivity index (χ2n) is 6.69. The van der Waals surface area contributed by atoms with Gasteiger partial charge in [-0.25, -0.2) is 0 Å². The van der Waals surface area contributed by atoms with Gasteiger partial charge in [0.15, 0.2) is 5.78 Å². The molecule has 0 aliphatic carbocycles. The fourth-order valence-electron chi connectivity index (χ4n) is 3.23. The Hall–Kier alpha value is -3.91. The van der Waals surface area contributed by atoms with Crippen LogP contribution < -0.4 is 0 Å². The minimum absolute atomic E-state index is 0.0319. The first-order valence-corrected chi connectivity index (χ1v) is 9.59. The molecule has 0 bridgehead atoms. The highest BCUT2D eigenvalue weighted by Gasteiger charge is 2.00. The van der Waals surface area contributed by atoms with E-state index in [9.17, 15) is 4.79 Å². The summed E-state index contributed by atoms with van der Waals surface area (Å²) in [6, 6.07) is 35.8. The molecule has 2 nitrogen and oxygen atoms in total. The van der Waals surface area contributed by atoms with Gasteiger partial charge in [0.1, 0.15) is 0 Å². The minimum Gasteiger partial charge on any atom is -0.355 e. The van der Waals surface area contributed by atoms with Gasteiger partial charge >= 0.3 is 0 Å². The van der Waals surface area contributed by atoms with Crippen molar-refractivity contribution < 1.29 is 4.79 Å². The standard InChI is InChI=1S/C15H12O.C12H9N/c16-15(14-9-5-2-6-10-14)12-11-13-7-3-1-4-8-13;1-3-7-11-9(5-1)10-6-2-4-8-12(10)13-11/h1-12H;1-8,13H. The third-order valence-electron chi connectivity index (χ3n) is 4.70. The number of para-hydroxylation sites is 2. The summed E-state index contributed by atoms with van der Waals surface area (Å²) in [5.41, 5.74) is 4.17. The van der Waals surface area contributed by atoms with Crippen LogP contribution in [0.15, 0.2) is 115 Å². The zero-order valence-corrected chi connectivity index (χ0v) is 16.0. The zero-order valence-electron chi connectivity index (χ0n) is 16.0. The van der Waals surface area contributed by atoms with Crippen molar-refractivity contribution in [1.29, 1.82) is 0 Å². The van der Waals surface area contributed by atoms with Crippen molar-refractivity contribution in [2.75, 3.05) is 0 Å². The number of benzene rings is 4. The number of carbonyl (C=O) groups excluding carboxylic acids is 1. The lowest BCUT2D eigenvalue weighted by atomic mass is 10.1. The highest BCUT2D eigenvalue weighted by atomic mass is 16.1. The van der Waals surface area contributed by atoms with Crippen molar-refractivity contribution in [3.63, 3.8) is 0 Å². The molecule has 0 aliphatic rings. The maximum atomic E-state index is 11.7. The van der Waals surface area contributed by atoms with E-state index in [0.29, 0.717) is 0 Å². The second-order valence-corrected chi connectivity index (χ2v) is 6.69. The zero-order chi connectivity index (χ0) is 19.9. The van der Waals surface area contributed by atoms with Crippen LogP contribution in [0.2, 0.25) is 0 Å². The molecular weight excluding hydrogens is 354 g/mol. The van der Waals surface area contributed by atoms with E-state index < -0.39 is 0 Å². The van der Waals surface area contributed by atoms with Crippen LogP contribution in [0.25, 0.3) is 27.9 Å². The summed E-state index contributed by atoms with van der Waals surface area (Å²) in [5.74, 6) is 0.0319. The fourth-order valence-corrected chi connectivity index (χ4v) is 3.23. The molecule has 0 aliphatic heterocycles. The van der Waals surface area contributed by atoms with Crippen molar-refractivity contribution in [2.45, 2.75) is 0 Å². The SMILES string of the molecule is O=C(C=Cc1ccccc1)c1ccccc1.c1ccc2c(c1)[nH]c1ccccc12. The summed E-state index contributed by atoms with van der Waals surface area (Å²) in [6.07, 6.45) is 3.43. The van der Waals surface area contributed by atoms with Crippen molar-refractivity contribution in [2.24, 2.45) is 0 Å². The Kier molecular flexibility index (Phi) is 5.63. The maximum absolute atomic E-state index is 11.7. The van der Waals surface area contributed by atoms with Gasteiger partial charge in [0.2, 0.25) is 0 Å². The molecule has 0 radical (unpaired) electrons. The summed E-state index contributed by atoms with van der Waals surface area (Å²) in [4.78, 5) is 15.1. The van der Waals surface area contributed by atoms with Crippen molar-refractivity contribution in [3.8, 4) is 0 Å². The monoisotopic (exact) mass is 375 g/mol. The Balaban J connectivity index is 0.000000144. The number of H-pyrrole nitrogens is 1. The number of fused-ring (bicyclic) bond motifs is 3. The third-order valence-corrected chi connectivity index (χ3v) is 4.70. The minimum atomic E-state index is 0.0319. The molecule has 29 heavy (non-hydrogen) atoms. The number of allylic oxidation sites excluding steroid dienone is 1. The highest BCUT2D eigenvalue weighted by molar-refractivity contribution is 6.07. The Morgan fingerprint density at radius 3 is 1.66 bits per heavy atom. The van der Waals surface area contributed by atoms with Crippen LogP contribution in [-0.4, -0.2) is 10.8 Å². The van der Waals surface area contributed by atoms with E-state index in [1.807, 2.05) is 66.7 Å². The molecule has 5 rings (SSSR count). The van der Waals surface area contributed by atoms with Gasteiger partial charge in [-0.1, -0.05) is 103 Å². The van der Waals surface area contributed by atoms with Crippen LogP contribution in [0, 0.1) is 0 Å². The number of rotatable bonds is 3. The van der Waals surface area contributed by atoms with Gasteiger partial charge in [0, 0.05) is 27.4 Å². The predicted molar refractivity (Wildman–Crippen MR) is 122 cm³/mol. The van der Waals surface area contributed by atoms with E-state index in [1.54, 1.807) is 6.08 Å². The summed E-state index contributed by atoms with van der Waals surface area (Å²) in [7, 11) is 0. The van der Waals surface area contributed by atoms with Crippen LogP contribution in [0.4, 0.5) is 0 Å². The first-order valence-electron chi connectivity index (χ1n) is 9.59. The predicted octanol–water partition coefficient (Wildman–Crippen LogP) is 6.90. The number of aromatic nitrogens is 1. The molecule has 2 heteroatoms. The maximum Gasteiger partial charge on any atom is 0.185 e. The highest BCUT2D eigenvalue weighted by Crippen LogP contribution is 2.24. The third kappa shape index (κ3) is 4.50. The molecule has 1 heterocycles. The molecule has 1 N–H and O–H groups in total. The molecule has 0 fully saturated rings. The van der Waals surface area contributed by atoms with Crippen LogP contribution in [0.1, 0.15) is 15.9 Å². The largest absolute Gasteiger partial charge is 0.355 e. The second kappa shape index (κ2) is 8.85. The number of nitrogens with one attached hydrogen (secondary N) is 1. The summed E-state index contributed by atoms with van der Waals surface area (Å²) in [5, 5.41) is 2.61. The molecule has 0 unspecified atom stereocenters.